The minimum Gasteiger partial charge on any atom is -0.282 e. The molecule has 1 fully saturated rings. The normalized spacial score (nSPS) is 16.6. The molecule has 0 radical (unpaired) electrons. The van der Waals surface area contributed by atoms with Gasteiger partial charge in [0.25, 0.3) is 0 Å². The van der Waals surface area contributed by atoms with Gasteiger partial charge in [-0.3, -0.25) is 4.72 Å². The highest BCUT2D eigenvalue weighted by Gasteiger charge is 2.35. The largest absolute Gasteiger partial charge is 0.282 e. The number of sulfonamides is 1. The fourth-order valence-electron chi connectivity index (χ4n) is 1.16. The van der Waals surface area contributed by atoms with E-state index in [9.17, 15) is 8.42 Å². The Morgan fingerprint density at radius 3 is 2.50 bits per heavy atom. The number of halogens is 1. The van der Waals surface area contributed by atoms with Crippen LogP contribution >= 0.6 is 11.6 Å². The molecule has 1 aromatic carbocycles. The number of nitrogens with one attached hydrogen (secondary N) is 1. The van der Waals surface area contributed by atoms with E-state index >= 15 is 0 Å². The summed E-state index contributed by atoms with van der Waals surface area (Å²) >= 11 is 5.83. The lowest BCUT2D eigenvalue weighted by Gasteiger charge is -2.07. The Morgan fingerprint density at radius 1 is 1.29 bits per heavy atom. The maximum atomic E-state index is 11.5. The van der Waals surface area contributed by atoms with Crippen LogP contribution in [0.3, 0.4) is 0 Å². The van der Waals surface area contributed by atoms with Crippen LogP contribution < -0.4 is 4.72 Å². The molecule has 1 aromatic rings. The van der Waals surface area contributed by atoms with Crippen molar-refractivity contribution in [2.75, 3.05) is 4.72 Å². The van der Waals surface area contributed by atoms with Gasteiger partial charge in [-0.25, -0.2) is 8.42 Å². The van der Waals surface area contributed by atoms with Crippen LogP contribution in [0.15, 0.2) is 24.3 Å². The van der Waals surface area contributed by atoms with E-state index in [4.69, 9.17) is 11.6 Å². The van der Waals surface area contributed by atoms with Crippen molar-refractivity contribution in [1.29, 1.82) is 0 Å². The van der Waals surface area contributed by atoms with E-state index in [2.05, 4.69) is 4.72 Å². The molecule has 5 heteroatoms. The molecule has 0 unspecified atom stereocenters. The zero-order valence-electron chi connectivity index (χ0n) is 7.40. The van der Waals surface area contributed by atoms with Gasteiger partial charge in [-0.15, -0.1) is 0 Å². The van der Waals surface area contributed by atoms with Gasteiger partial charge >= 0.3 is 0 Å². The minimum absolute atomic E-state index is 0.223. The Bertz CT molecular complexity index is 440. The molecule has 0 bridgehead atoms. The van der Waals surface area contributed by atoms with E-state index in [1.54, 1.807) is 24.3 Å². The van der Waals surface area contributed by atoms with Gasteiger partial charge in [0.1, 0.15) is 0 Å². The van der Waals surface area contributed by atoms with Crippen LogP contribution in [0.1, 0.15) is 12.8 Å². The zero-order valence-corrected chi connectivity index (χ0v) is 8.98. The third-order valence-corrected chi connectivity index (χ3v) is 4.27. The summed E-state index contributed by atoms with van der Waals surface area (Å²) in [5, 5.41) is 0.204. The Kier molecular flexibility index (Phi) is 2.41. The second-order valence-electron chi connectivity index (χ2n) is 3.33. The maximum absolute atomic E-state index is 11.5. The summed E-state index contributed by atoms with van der Waals surface area (Å²) in [6.45, 7) is 0. The van der Waals surface area contributed by atoms with Crippen LogP contribution in [0.2, 0.25) is 5.02 Å². The molecule has 2 rings (SSSR count). The summed E-state index contributed by atoms with van der Waals surface area (Å²) in [4.78, 5) is 0. The average molecular weight is 232 g/mol. The first-order chi connectivity index (χ1) is 6.59. The molecule has 3 nitrogen and oxygen atoms in total. The molecule has 1 saturated carbocycles. The first-order valence-electron chi connectivity index (χ1n) is 4.36. The first-order valence-corrected chi connectivity index (χ1v) is 6.28. The highest BCUT2D eigenvalue weighted by Crippen LogP contribution is 2.31. The lowest BCUT2D eigenvalue weighted by molar-refractivity contribution is 0.600. The molecule has 76 valence electrons. The second-order valence-corrected chi connectivity index (χ2v) is 5.69. The van der Waals surface area contributed by atoms with Crippen molar-refractivity contribution in [3.05, 3.63) is 29.3 Å². The van der Waals surface area contributed by atoms with Crippen molar-refractivity contribution in [1.82, 2.24) is 0 Å². The van der Waals surface area contributed by atoms with Crippen molar-refractivity contribution in [2.24, 2.45) is 0 Å². The molecular weight excluding hydrogens is 222 g/mol. The SMILES string of the molecule is O=S(=O)(Nc1ccccc1Cl)C1CC1. The topological polar surface area (TPSA) is 46.2 Å². The highest BCUT2D eigenvalue weighted by molar-refractivity contribution is 7.93. The van der Waals surface area contributed by atoms with Crippen molar-refractivity contribution in [3.8, 4) is 0 Å². The van der Waals surface area contributed by atoms with Gasteiger partial charge in [0.05, 0.1) is 16.0 Å². The average Bonchev–Trinajstić information content (AvgIpc) is 2.91. The summed E-state index contributed by atoms with van der Waals surface area (Å²) in [6, 6.07) is 6.82. The summed E-state index contributed by atoms with van der Waals surface area (Å²) in [5.41, 5.74) is 0.459. The van der Waals surface area contributed by atoms with Crippen molar-refractivity contribution in [3.63, 3.8) is 0 Å². The third kappa shape index (κ3) is 2.01. The third-order valence-electron chi connectivity index (χ3n) is 2.09. The van der Waals surface area contributed by atoms with Gasteiger partial charge in [0.15, 0.2) is 0 Å². The first kappa shape index (κ1) is 9.80. The monoisotopic (exact) mass is 231 g/mol. The van der Waals surface area contributed by atoms with E-state index in [1.807, 2.05) is 0 Å². The summed E-state index contributed by atoms with van der Waals surface area (Å²) in [7, 11) is -3.20. The van der Waals surface area contributed by atoms with Crippen molar-refractivity contribution >= 4 is 27.3 Å². The van der Waals surface area contributed by atoms with E-state index < -0.39 is 10.0 Å². The Labute approximate surface area is 88.1 Å². The number of hydrogen-bond acceptors (Lipinski definition) is 2. The number of rotatable bonds is 3. The molecular formula is C9H10ClNO2S. The quantitative estimate of drug-likeness (QED) is 0.867. The molecule has 1 aliphatic carbocycles. The number of anilines is 1. The van der Waals surface area contributed by atoms with Crippen LogP contribution in [-0.2, 0) is 10.0 Å². The summed E-state index contributed by atoms with van der Waals surface area (Å²) in [6.07, 6.45) is 1.50. The standard InChI is InChI=1S/C9H10ClNO2S/c10-8-3-1-2-4-9(8)11-14(12,13)7-5-6-7/h1-4,7,11H,5-6H2. The van der Waals surface area contributed by atoms with Gasteiger partial charge in [0, 0.05) is 0 Å². The fraction of sp³-hybridized carbons (Fsp3) is 0.333. The molecule has 1 N–H and O–H groups in total. The number of hydrogen-bond donors (Lipinski definition) is 1. The molecule has 0 aliphatic heterocycles. The molecule has 0 atom stereocenters. The van der Waals surface area contributed by atoms with E-state index in [0.717, 1.165) is 12.8 Å². The molecule has 14 heavy (non-hydrogen) atoms. The molecule has 0 heterocycles. The lowest BCUT2D eigenvalue weighted by atomic mass is 10.3. The Hall–Kier alpha value is -0.740. The van der Waals surface area contributed by atoms with E-state index in [0.29, 0.717) is 10.7 Å². The van der Waals surface area contributed by atoms with Crippen LogP contribution in [0.5, 0.6) is 0 Å². The van der Waals surface area contributed by atoms with Crippen molar-refractivity contribution in [2.45, 2.75) is 18.1 Å². The Balaban J connectivity index is 2.22. The summed E-state index contributed by atoms with van der Waals surface area (Å²) in [5.74, 6) is 0. The van der Waals surface area contributed by atoms with Crippen LogP contribution in [0.4, 0.5) is 5.69 Å². The predicted octanol–water partition coefficient (Wildman–Crippen LogP) is 2.24. The predicted molar refractivity (Wildman–Crippen MR) is 57.0 cm³/mol. The second kappa shape index (κ2) is 3.44. The van der Waals surface area contributed by atoms with Crippen LogP contribution in [-0.4, -0.2) is 13.7 Å². The summed E-state index contributed by atoms with van der Waals surface area (Å²) < 4.78 is 25.6. The van der Waals surface area contributed by atoms with Gasteiger partial charge in [-0.1, -0.05) is 23.7 Å². The molecule has 0 amide bonds. The van der Waals surface area contributed by atoms with Crippen molar-refractivity contribution < 1.29 is 8.42 Å². The molecule has 1 aliphatic rings. The van der Waals surface area contributed by atoms with Gasteiger partial charge in [-0.2, -0.15) is 0 Å². The van der Waals surface area contributed by atoms with E-state index in [-0.39, 0.29) is 5.25 Å². The smallest absolute Gasteiger partial charge is 0.235 e. The van der Waals surface area contributed by atoms with Crippen LogP contribution in [0.25, 0.3) is 0 Å². The minimum atomic E-state index is -3.20. The Morgan fingerprint density at radius 2 is 1.93 bits per heavy atom. The van der Waals surface area contributed by atoms with E-state index in [1.165, 1.54) is 0 Å². The van der Waals surface area contributed by atoms with Gasteiger partial charge in [-0.05, 0) is 25.0 Å². The van der Waals surface area contributed by atoms with Gasteiger partial charge < -0.3 is 0 Å². The number of benzene rings is 1. The fourth-order valence-corrected chi connectivity index (χ4v) is 2.81. The highest BCUT2D eigenvalue weighted by atomic mass is 35.5. The zero-order chi connectivity index (χ0) is 10.2. The molecule has 0 spiro atoms. The molecule has 0 saturated heterocycles. The van der Waals surface area contributed by atoms with Gasteiger partial charge in [0.2, 0.25) is 10.0 Å². The lowest BCUT2D eigenvalue weighted by Crippen LogP contribution is -2.17. The van der Waals surface area contributed by atoms with Crippen LogP contribution in [0, 0.1) is 0 Å². The number of para-hydroxylation sites is 1. The molecule has 0 aromatic heterocycles. The maximum Gasteiger partial charge on any atom is 0.235 e.